The standard InChI is InChI=1S/C15H20N2O4/c16-15(6-2-1-3-7-15)9-13(19)17-10-4-5-11(14(20)21)12(18)8-10/h4-5,8,18H,1-3,6-7,9,16H2,(H,17,19)(H,20,21). The lowest BCUT2D eigenvalue weighted by Crippen LogP contribution is -2.44. The second-order valence-electron chi connectivity index (χ2n) is 5.69. The minimum atomic E-state index is -1.21. The van der Waals surface area contributed by atoms with Crippen LogP contribution < -0.4 is 11.1 Å². The van der Waals surface area contributed by atoms with E-state index in [2.05, 4.69) is 5.32 Å². The molecule has 6 nitrogen and oxygen atoms in total. The summed E-state index contributed by atoms with van der Waals surface area (Å²) in [6.45, 7) is 0. The number of aromatic hydroxyl groups is 1. The normalized spacial score (nSPS) is 17.2. The molecule has 6 heteroatoms. The zero-order valence-electron chi connectivity index (χ0n) is 11.8. The number of phenols is 1. The number of carbonyl (C=O) groups excluding carboxylic acids is 1. The smallest absolute Gasteiger partial charge is 0.339 e. The van der Waals surface area contributed by atoms with Gasteiger partial charge in [-0.3, -0.25) is 4.79 Å². The molecule has 1 aromatic carbocycles. The van der Waals surface area contributed by atoms with Crippen molar-refractivity contribution in [2.24, 2.45) is 5.73 Å². The maximum atomic E-state index is 12.0. The molecular formula is C15H20N2O4. The van der Waals surface area contributed by atoms with E-state index < -0.39 is 11.5 Å². The lowest BCUT2D eigenvalue weighted by Gasteiger charge is -2.32. The molecule has 1 aromatic rings. The highest BCUT2D eigenvalue weighted by Gasteiger charge is 2.30. The quantitative estimate of drug-likeness (QED) is 0.678. The number of anilines is 1. The van der Waals surface area contributed by atoms with Crippen LogP contribution in [0.2, 0.25) is 0 Å². The summed E-state index contributed by atoms with van der Waals surface area (Å²) in [7, 11) is 0. The van der Waals surface area contributed by atoms with E-state index in [9.17, 15) is 14.7 Å². The third-order valence-corrected chi connectivity index (χ3v) is 3.87. The van der Waals surface area contributed by atoms with Gasteiger partial charge < -0.3 is 21.3 Å². The summed E-state index contributed by atoms with van der Waals surface area (Å²) >= 11 is 0. The lowest BCUT2D eigenvalue weighted by molar-refractivity contribution is -0.117. The van der Waals surface area contributed by atoms with Gasteiger partial charge >= 0.3 is 5.97 Å². The zero-order chi connectivity index (χ0) is 15.5. The third kappa shape index (κ3) is 3.95. The van der Waals surface area contributed by atoms with Gasteiger partial charge in [-0.2, -0.15) is 0 Å². The van der Waals surface area contributed by atoms with E-state index in [1.165, 1.54) is 18.2 Å². The topological polar surface area (TPSA) is 113 Å². The fourth-order valence-electron chi connectivity index (χ4n) is 2.75. The molecule has 0 radical (unpaired) electrons. The lowest BCUT2D eigenvalue weighted by atomic mass is 9.80. The molecule has 0 spiro atoms. The van der Waals surface area contributed by atoms with Gasteiger partial charge in [-0.25, -0.2) is 4.79 Å². The largest absolute Gasteiger partial charge is 0.507 e. The first-order valence-corrected chi connectivity index (χ1v) is 7.05. The number of hydrogen-bond donors (Lipinski definition) is 4. The molecule has 21 heavy (non-hydrogen) atoms. The Bertz CT molecular complexity index is 551. The summed E-state index contributed by atoms with van der Waals surface area (Å²) < 4.78 is 0. The molecule has 1 aliphatic carbocycles. The van der Waals surface area contributed by atoms with Crippen LogP contribution in [0.4, 0.5) is 5.69 Å². The van der Waals surface area contributed by atoms with Gasteiger partial charge in [-0.05, 0) is 25.0 Å². The Morgan fingerprint density at radius 1 is 1.24 bits per heavy atom. The second-order valence-corrected chi connectivity index (χ2v) is 5.69. The van der Waals surface area contributed by atoms with E-state index in [1.54, 1.807) is 0 Å². The van der Waals surface area contributed by atoms with E-state index in [4.69, 9.17) is 10.8 Å². The van der Waals surface area contributed by atoms with Crippen molar-refractivity contribution in [3.63, 3.8) is 0 Å². The number of carbonyl (C=O) groups is 2. The molecule has 0 aromatic heterocycles. The Morgan fingerprint density at radius 3 is 2.48 bits per heavy atom. The molecule has 2 rings (SSSR count). The van der Waals surface area contributed by atoms with Crippen LogP contribution in [0.25, 0.3) is 0 Å². The van der Waals surface area contributed by atoms with Crippen LogP contribution >= 0.6 is 0 Å². The molecule has 5 N–H and O–H groups in total. The molecule has 0 heterocycles. The third-order valence-electron chi connectivity index (χ3n) is 3.87. The van der Waals surface area contributed by atoms with Crippen molar-refractivity contribution in [2.45, 2.75) is 44.1 Å². The molecule has 1 amide bonds. The summed E-state index contributed by atoms with van der Waals surface area (Å²) in [5, 5.41) is 21.1. The molecular weight excluding hydrogens is 272 g/mol. The molecule has 0 bridgehead atoms. The maximum Gasteiger partial charge on any atom is 0.339 e. The molecule has 0 atom stereocenters. The van der Waals surface area contributed by atoms with Gasteiger partial charge in [0.2, 0.25) is 5.91 Å². The van der Waals surface area contributed by atoms with Crippen molar-refractivity contribution in [2.75, 3.05) is 5.32 Å². The molecule has 114 valence electrons. The molecule has 1 saturated carbocycles. The van der Waals surface area contributed by atoms with Crippen molar-refractivity contribution >= 4 is 17.6 Å². The highest BCUT2D eigenvalue weighted by atomic mass is 16.4. The molecule has 0 unspecified atom stereocenters. The van der Waals surface area contributed by atoms with Crippen molar-refractivity contribution in [1.82, 2.24) is 0 Å². The highest BCUT2D eigenvalue weighted by molar-refractivity contribution is 5.94. The van der Waals surface area contributed by atoms with Gasteiger partial charge in [0.05, 0.1) is 0 Å². The van der Waals surface area contributed by atoms with E-state index >= 15 is 0 Å². The maximum absolute atomic E-state index is 12.0. The van der Waals surface area contributed by atoms with Crippen LogP contribution in [0.5, 0.6) is 5.75 Å². The van der Waals surface area contributed by atoms with Crippen LogP contribution in [0.15, 0.2) is 18.2 Å². The zero-order valence-corrected chi connectivity index (χ0v) is 11.8. The van der Waals surface area contributed by atoms with E-state index in [0.717, 1.165) is 32.1 Å². The minimum Gasteiger partial charge on any atom is -0.507 e. The number of hydrogen-bond acceptors (Lipinski definition) is 4. The summed E-state index contributed by atoms with van der Waals surface area (Å²) in [5.41, 5.74) is 5.93. The average molecular weight is 292 g/mol. The summed E-state index contributed by atoms with van der Waals surface area (Å²) in [6.07, 6.45) is 5.14. The first-order chi connectivity index (χ1) is 9.89. The Hall–Kier alpha value is -2.08. The fraction of sp³-hybridized carbons (Fsp3) is 0.467. The van der Waals surface area contributed by atoms with Gasteiger partial charge in [0.15, 0.2) is 0 Å². The number of carboxylic acids is 1. The monoisotopic (exact) mass is 292 g/mol. The van der Waals surface area contributed by atoms with Gasteiger partial charge in [-0.1, -0.05) is 19.3 Å². The summed E-state index contributed by atoms with van der Waals surface area (Å²) in [4.78, 5) is 22.8. The van der Waals surface area contributed by atoms with Gasteiger partial charge in [-0.15, -0.1) is 0 Å². The van der Waals surface area contributed by atoms with Gasteiger partial charge in [0.25, 0.3) is 0 Å². The molecule has 1 fully saturated rings. The van der Waals surface area contributed by atoms with Crippen molar-refractivity contribution < 1.29 is 19.8 Å². The van der Waals surface area contributed by atoms with Gasteiger partial charge in [0, 0.05) is 23.7 Å². The fourth-order valence-corrected chi connectivity index (χ4v) is 2.75. The van der Waals surface area contributed by atoms with E-state index in [-0.39, 0.29) is 23.6 Å². The number of aromatic carboxylic acids is 1. The Morgan fingerprint density at radius 2 is 1.90 bits per heavy atom. The van der Waals surface area contributed by atoms with Crippen LogP contribution in [-0.2, 0) is 4.79 Å². The summed E-state index contributed by atoms with van der Waals surface area (Å²) in [6, 6.07) is 3.93. The van der Waals surface area contributed by atoms with Gasteiger partial charge in [0.1, 0.15) is 11.3 Å². The van der Waals surface area contributed by atoms with Crippen molar-refractivity contribution in [3.05, 3.63) is 23.8 Å². The van der Waals surface area contributed by atoms with Crippen LogP contribution in [0.3, 0.4) is 0 Å². The Labute approximate surface area is 123 Å². The molecule has 0 aliphatic heterocycles. The minimum absolute atomic E-state index is 0.199. The molecule has 1 aliphatic rings. The number of rotatable bonds is 4. The van der Waals surface area contributed by atoms with Crippen LogP contribution in [0.1, 0.15) is 48.9 Å². The summed E-state index contributed by atoms with van der Waals surface area (Å²) in [5.74, 6) is -1.81. The Kier molecular flexibility index (Phi) is 4.47. The molecule has 0 saturated heterocycles. The van der Waals surface area contributed by atoms with Crippen molar-refractivity contribution in [3.8, 4) is 5.75 Å². The first-order valence-electron chi connectivity index (χ1n) is 7.05. The van der Waals surface area contributed by atoms with Crippen LogP contribution in [0, 0.1) is 0 Å². The highest BCUT2D eigenvalue weighted by Crippen LogP contribution is 2.29. The van der Waals surface area contributed by atoms with Crippen molar-refractivity contribution in [1.29, 1.82) is 0 Å². The number of carboxylic acid groups (broad SMARTS) is 1. The Balaban J connectivity index is 1.99. The SMILES string of the molecule is NC1(CC(=O)Nc2ccc(C(=O)O)c(O)c2)CCCCC1. The average Bonchev–Trinajstić information content (AvgIpc) is 2.38. The van der Waals surface area contributed by atoms with E-state index in [0.29, 0.717) is 5.69 Å². The number of nitrogens with two attached hydrogens (primary N) is 1. The predicted molar refractivity (Wildman–Crippen MR) is 78.3 cm³/mol. The second kappa shape index (κ2) is 6.13. The number of benzene rings is 1. The predicted octanol–water partition coefficient (Wildman–Crippen LogP) is 2.08. The number of nitrogens with one attached hydrogen (secondary N) is 1. The van der Waals surface area contributed by atoms with Crippen LogP contribution in [-0.4, -0.2) is 27.6 Å². The first kappa shape index (κ1) is 15.3. The van der Waals surface area contributed by atoms with E-state index in [1.807, 2.05) is 0 Å². The number of amides is 1.